The molecule has 1 amide bonds. The third kappa shape index (κ3) is 2.12. The van der Waals surface area contributed by atoms with E-state index in [1.165, 1.54) is 13.3 Å². The first-order chi connectivity index (χ1) is 10.1. The molecule has 2 heterocycles. The molecule has 5 N–H and O–H groups in total. The number of H-pyrrole nitrogens is 3. The van der Waals surface area contributed by atoms with E-state index in [-0.39, 0.29) is 5.56 Å². The van der Waals surface area contributed by atoms with Gasteiger partial charge in [-0.1, -0.05) is 0 Å². The van der Waals surface area contributed by atoms with E-state index in [0.717, 1.165) is 0 Å². The van der Waals surface area contributed by atoms with Gasteiger partial charge in [-0.25, -0.2) is 15.1 Å². The summed E-state index contributed by atoms with van der Waals surface area (Å²) in [6.07, 6.45) is 1.50. The summed E-state index contributed by atoms with van der Waals surface area (Å²) in [5.41, 5.74) is 6.86. The Hall–Kier alpha value is -3.16. The number of carbonyl (C=O) groups excluding carboxylic acids is 1. The van der Waals surface area contributed by atoms with Crippen LogP contribution in [-0.2, 0) is 0 Å². The first kappa shape index (κ1) is 12.9. The average molecular weight is 286 g/mol. The minimum atomic E-state index is -0.541. The van der Waals surface area contributed by atoms with Crippen molar-refractivity contribution in [2.75, 3.05) is 7.11 Å². The lowest BCUT2D eigenvalue weighted by Gasteiger charge is -2.05. The van der Waals surface area contributed by atoms with Crippen LogP contribution in [0.2, 0.25) is 0 Å². The molecule has 0 aliphatic carbocycles. The fraction of sp³-hybridized carbons (Fsp3) is 0.0769. The van der Waals surface area contributed by atoms with E-state index in [9.17, 15) is 9.59 Å². The van der Waals surface area contributed by atoms with Crippen molar-refractivity contribution in [3.8, 4) is 17.1 Å². The maximum atomic E-state index is 11.7. The fourth-order valence-corrected chi connectivity index (χ4v) is 2.09. The molecule has 1 aromatic carbocycles. The zero-order chi connectivity index (χ0) is 15.0. The third-order valence-corrected chi connectivity index (χ3v) is 3.12. The molecule has 21 heavy (non-hydrogen) atoms. The number of primary amides is 1. The van der Waals surface area contributed by atoms with Gasteiger partial charge in [0.25, 0.3) is 5.82 Å². The van der Waals surface area contributed by atoms with Crippen LogP contribution < -0.4 is 21.0 Å². The molecule has 0 unspecified atom stereocenters. The van der Waals surface area contributed by atoms with E-state index in [1.54, 1.807) is 18.2 Å². The van der Waals surface area contributed by atoms with Crippen molar-refractivity contribution < 1.29 is 14.5 Å². The van der Waals surface area contributed by atoms with Crippen LogP contribution >= 0.6 is 0 Å². The van der Waals surface area contributed by atoms with Crippen molar-refractivity contribution in [1.29, 1.82) is 0 Å². The topological polar surface area (TPSA) is 128 Å². The summed E-state index contributed by atoms with van der Waals surface area (Å²) in [7, 11) is 1.49. The van der Waals surface area contributed by atoms with Gasteiger partial charge in [-0.3, -0.25) is 9.59 Å². The summed E-state index contributed by atoms with van der Waals surface area (Å²) in [5.74, 6) is 0.482. The molecule has 3 rings (SSSR count). The smallest absolute Gasteiger partial charge is 0.315 e. The molecule has 0 aliphatic heterocycles. The van der Waals surface area contributed by atoms with Crippen LogP contribution in [0.15, 0.2) is 29.2 Å². The molecule has 0 saturated heterocycles. The number of imidazole rings is 1. The quantitative estimate of drug-likeness (QED) is 0.618. The van der Waals surface area contributed by atoms with Crippen molar-refractivity contribution in [3.63, 3.8) is 0 Å². The fourth-order valence-electron chi connectivity index (χ4n) is 2.09. The van der Waals surface area contributed by atoms with Gasteiger partial charge in [0.05, 0.1) is 13.3 Å². The molecule has 0 spiro atoms. The van der Waals surface area contributed by atoms with E-state index in [1.807, 2.05) is 0 Å². The van der Waals surface area contributed by atoms with Crippen LogP contribution in [0.1, 0.15) is 10.4 Å². The van der Waals surface area contributed by atoms with E-state index >= 15 is 0 Å². The second-order valence-electron chi connectivity index (χ2n) is 4.39. The molecule has 0 fully saturated rings. The number of aromatic nitrogens is 4. The van der Waals surface area contributed by atoms with E-state index in [2.05, 4.69) is 20.2 Å². The highest BCUT2D eigenvalue weighted by atomic mass is 16.5. The molecule has 0 atom stereocenters. The number of rotatable bonds is 3. The summed E-state index contributed by atoms with van der Waals surface area (Å²) in [4.78, 5) is 28.9. The molecule has 8 nitrogen and oxygen atoms in total. The van der Waals surface area contributed by atoms with Crippen molar-refractivity contribution in [1.82, 2.24) is 15.2 Å². The molecular weight excluding hydrogens is 274 g/mol. The Morgan fingerprint density at radius 1 is 1.43 bits per heavy atom. The average Bonchev–Trinajstić information content (AvgIpc) is 2.91. The number of nitrogens with one attached hydrogen (secondary N) is 3. The summed E-state index contributed by atoms with van der Waals surface area (Å²) in [6, 6.07) is 4.81. The van der Waals surface area contributed by atoms with Gasteiger partial charge < -0.3 is 10.5 Å². The highest BCUT2D eigenvalue weighted by molar-refractivity contribution is 5.94. The number of ether oxygens (including phenoxy) is 1. The number of hydrogen-bond donors (Lipinski definition) is 3. The predicted octanol–water partition coefficient (Wildman–Crippen LogP) is -0.160. The number of amides is 1. The van der Waals surface area contributed by atoms with Gasteiger partial charge in [-0.05, 0) is 18.2 Å². The van der Waals surface area contributed by atoms with E-state index in [0.29, 0.717) is 33.7 Å². The Bertz CT molecular complexity index is 896. The van der Waals surface area contributed by atoms with Crippen molar-refractivity contribution in [2.45, 2.75) is 0 Å². The Morgan fingerprint density at radius 2 is 2.24 bits per heavy atom. The molecule has 3 aromatic rings. The lowest BCUT2D eigenvalue weighted by molar-refractivity contribution is -0.331. The maximum Gasteiger partial charge on any atom is 0.315 e. The number of carbonyl (C=O) groups is 1. The zero-order valence-electron chi connectivity index (χ0n) is 11.1. The second kappa shape index (κ2) is 4.75. The lowest BCUT2D eigenvalue weighted by atomic mass is 10.1. The highest BCUT2D eigenvalue weighted by Gasteiger charge is 2.19. The Kier molecular flexibility index (Phi) is 2.90. The van der Waals surface area contributed by atoms with Crippen LogP contribution in [-0.4, -0.2) is 28.2 Å². The zero-order valence-corrected chi connectivity index (χ0v) is 11.1. The van der Waals surface area contributed by atoms with Gasteiger partial charge in [0, 0.05) is 5.56 Å². The predicted molar refractivity (Wildman–Crippen MR) is 73.8 cm³/mol. The number of methoxy groups -OCH3 is 1. The number of hydrogen-bond acceptors (Lipinski definition) is 4. The van der Waals surface area contributed by atoms with E-state index < -0.39 is 5.91 Å². The van der Waals surface area contributed by atoms with Gasteiger partial charge >= 0.3 is 5.56 Å². The normalized spacial score (nSPS) is 10.7. The summed E-state index contributed by atoms with van der Waals surface area (Å²) in [6.45, 7) is 0. The maximum absolute atomic E-state index is 11.7. The lowest BCUT2D eigenvalue weighted by Crippen LogP contribution is -2.16. The number of nitrogens with zero attached hydrogens (tertiary/aromatic N) is 1. The van der Waals surface area contributed by atoms with Crippen molar-refractivity contribution >= 4 is 16.9 Å². The summed E-state index contributed by atoms with van der Waals surface area (Å²) in [5, 5.41) is 6.06. The Balaban J connectivity index is 2.20. The van der Waals surface area contributed by atoms with Crippen molar-refractivity contribution in [2.24, 2.45) is 5.73 Å². The minimum Gasteiger partial charge on any atom is -0.496 e. The van der Waals surface area contributed by atoms with Crippen LogP contribution in [0.25, 0.3) is 22.4 Å². The third-order valence-electron chi connectivity index (χ3n) is 3.12. The number of benzene rings is 1. The Morgan fingerprint density at radius 3 is 2.90 bits per heavy atom. The first-order valence-electron chi connectivity index (χ1n) is 6.07. The molecule has 2 aromatic heterocycles. The monoisotopic (exact) mass is 286 g/mol. The number of aromatic amines is 3. The van der Waals surface area contributed by atoms with Crippen LogP contribution in [0, 0.1) is 0 Å². The summed E-state index contributed by atoms with van der Waals surface area (Å²) < 4.78 is 5.27. The van der Waals surface area contributed by atoms with Crippen LogP contribution in [0.3, 0.4) is 0 Å². The molecular formula is C13H12N5O3+. The van der Waals surface area contributed by atoms with Gasteiger partial charge in [0.1, 0.15) is 11.3 Å². The number of fused-ring (bicyclic) bond motifs is 1. The van der Waals surface area contributed by atoms with Crippen molar-refractivity contribution in [3.05, 3.63) is 40.3 Å². The largest absolute Gasteiger partial charge is 0.496 e. The molecule has 106 valence electrons. The number of nitrogens with two attached hydrogens (primary N) is 1. The second-order valence-corrected chi connectivity index (χ2v) is 4.39. The van der Waals surface area contributed by atoms with Gasteiger partial charge in [0.2, 0.25) is 11.4 Å². The summed E-state index contributed by atoms with van der Waals surface area (Å²) >= 11 is 0. The van der Waals surface area contributed by atoms with Gasteiger partial charge in [-0.2, -0.15) is 5.10 Å². The molecule has 0 aliphatic rings. The van der Waals surface area contributed by atoms with Gasteiger partial charge in [0.15, 0.2) is 5.52 Å². The standard InChI is InChI=1S/C13H11N5O3/c1-21-9-4-6(11(14)19)2-3-7(9)12-16-8-5-15-18-13(20)10(8)17-12/h2-5H,1H3,(H2,14,19)(H,16,17)(H,18,20)/p+1. The van der Waals surface area contributed by atoms with Crippen LogP contribution in [0.5, 0.6) is 5.75 Å². The first-order valence-corrected chi connectivity index (χ1v) is 6.07. The Labute approximate surface area is 118 Å². The minimum absolute atomic E-state index is 0.331. The molecule has 0 bridgehead atoms. The molecule has 0 radical (unpaired) electrons. The highest BCUT2D eigenvalue weighted by Crippen LogP contribution is 2.28. The molecule has 8 heteroatoms. The van der Waals surface area contributed by atoms with Gasteiger partial charge in [-0.15, -0.1) is 0 Å². The SMILES string of the molecule is COc1cc(C(N)=O)ccc1-c1[nH]c2cn[nH]c(=O)c2[nH+]1. The van der Waals surface area contributed by atoms with Crippen LogP contribution in [0.4, 0.5) is 0 Å². The van der Waals surface area contributed by atoms with E-state index in [4.69, 9.17) is 10.5 Å². The molecule has 0 saturated carbocycles.